The number of methoxy groups -OCH3 is 1. The highest BCUT2D eigenvalue weighted by atomic mass is 16.5. The molecule has 0 aliphatic rings. The van der Waals surface area contributed by atoms with Crippen molar-refractivity contribution in [2.24, 2.45) is 0 Å². The van der Waals surface area contributed by atoms with Crippen molar-refractivity contribution in [2.75, 3.05) is 14.2 Å². The van der Waals surface area contributed by atoms with Crippen molar-refractivity contribution < 1.29 is 14.0 Å². The number of aromatic nitrogens is 1. The molecule has 5 heteroatoms. The van der Waals surface area contributed by atoms with Crippen LogP contribution in [0.4, 0.5) is 0 Å². The van der Waals surface area contributed by atoms with Gasteiger partial charge in [-0.2, -0.15) is 0 Å². The first-order valence-electron chi connectivity index (χ1n) is 6.09. The van der Waals surface area contributed by atoms with E-state index in [1.165, 1.54) is 0 Å². The van der Waals surface area contributed by atoms with Crippen molar-refractivity contribution in [1.29, 1.82) is 0 Å². The van der Waals surface area contributed by atoms with Crippen LogP contribution in [0.1, 0.15) is 17.0 Å². The van der Waals surface area contributed by atoms with Gasteiger partial charge >= 0.3 is 0 Å². The molecule has 102 valence electrons. The van der Waals surface area contributed by atoms with E-state index in [4.69, 9.17) is 14.0 Å². The summed E-state index contributed by atoms with van der Waals surface area (Å²) in [4.78, 5) is 0. The Labute approximate surface area is 112 Å². The molecule has 0 unspecified atom stereocenters. The summed E-state index contributed by atoms with van der Waals surface area (Å²) in [6.07, 6.45) is 0. The molecule has 2 rings (SSSR count). The predicted octanol–water partition coefficient (Wildman–Crippen LogP) is 2.29. The fourth-order valence-electron chi connectivity index (χ4n) is 1.78. The van der Waals surface area contributed by atoms with Gasteiger partial charge in [-0.05, 0) is 31.7 Å². The zero-order valence-electron chi connectivity index (χ0n) is 11.4. The topological polar surface area (TPSA) is 56.5 Å². The van der Waals surface area contributed by atoms with Crippen molar-refractivity contribution >= 4 is 0 Å². The van der Waals surface area contributed by atoms with Crippen molar-refractivity contribution in [3.63, 3.8) is 0 Å². The average molecular weight is 262 g/mol. The molecule has 0 bridgehead atoms. The van der Waals surface area contributed by atoms with Gasteiger partial charge in [-0.25, -0.2) is 0 Å². The van der Waals surface area contributed by atoms with Gasteiger partial charge in [0.25, 0.3) is 0 Å². The molecule has 0 spiro atoms. The van der Waals surface area contributed by atoms with Gasteiger partial charge in [0.15, 0.2) is 17.3 Å². The minimum Gasteiger partial charge on any atom is -0.493 e. The van der Waals surface area contributed by atoms with Crippen LogP contribution in [0.25, 0.3) is 0 Å². The number of hydrogen-bond acceptors (Lipinski definition) is 5. The SMILES string of the molecule is CNCc1ccc(OC)c(OCc2cc(C)no2)c1. The first kappa shape index (κ1) is 13.4. The van der Waals surface area contributed by atoms with Crippen LogP contribution in [0.2, 0.25) is 0 Å². The maximum Gasteiger partial charge on any atom is 0.174 e. The monoisotopic (exact) mass is 262 g/mol. The summed E-state index contributed by atoms with van der Waals surface area (Å²) >= 11 is 0. The van der Waals surface area contributed by atoms with Gasteiger partial charge in [0.1, 0.15) is 6.61 Å². The molecule has 1 aromatic heterocycles. The van der Waals surface area contributed by atoms with E-state index in [2.05, 4.69) is 10.5 Å². The molecule has 0 fully saturated rings. The largest absolute Gasteiger partial charge is 0.493 e. The first-order valence-corrected chi connectivity index (χ1v) is 6.09. The van der Waals surface area contributed by atoms with Crippen LogP contribution in [-0.2, 0) is 13.2 Å². The molecular formula is C14H18N2O3. The van der Waals surface area contributed by atoms with Crippen molar-refractivity contribution in [3.8, 4) is 11.5 Å². The molecule has 1 N–H and O–H groups in total. The summed E-state index contributed by atoms with van der Waals surface area (Å²) < 4.78 is 16.1. The Balaban J connectivity index is 2.10. The predicted molar refractivity (Wildman–Crippen MR) is 71.3 cm³/mol. The van der Waals surface area contributed by atoms with Crippen molar-refractivity contribution in [1.82, 2.24) is 10.5 Å². The Morgan fingerprint density at radius 3 is 2.74 bits per heavy atom. The van der Waals surface area contributed by atoms with Gasteiger partial charge in [0, 0.05) is 12.6 Å². The molecule has 0 aliphatic carbocycles. The maximum absolute atomic E-state index is 5.73. The van der Waals surface area contributed by atoms with Gasteiger partial charge in [-0.1, -0.05) is 11.2 Å². The number of rotatable bonds is 6. The highest BCUT2D eigenvalue weighted by molar-refractivity contribution is 5.43. The second kappa shape index (κ2) is 6.24. The Hall–Kier alpha value is -2.01. The van der Waals surface area contributed by atoms with Crippen LogP contribution in [0.5, 0.6) is 11.5 Å². The van der Waals surface area contributed by atoms with Gasteiger partial charge < -0.3 is 19.3 Å². The molecule has 0 radical (unpaired) electrons. The minimum atomic E-state index is 0.334. The van der Waals surface area contributed by atoms with E-state index < -0.39 is 0 Å². The fourth-order valence-corrected chi connectivity index (χ4v) is 1.78. The Morgan fingerprint density at radius 1 is 1.26 bits per heavy atom. The molecule has 5 nitrogen and oxygen atoms in total. The van der Waals surface area contributed by atoms with Crippen LogP contribution in [-0.4, -0.2) is 19.3 Å². The summed E-state index contributed by atoms with van der Waals surface area (Å²) in [5.74, 6) is 2.10. The highest BCUT2D eigenvalue weighted by Gasteiger charge is 2.08. The zero-order chi connectivity index (χ0) is 13.7. The zero-order valence-corrected chi connectivity index (χ0v) is 11.4. The summed E-state index contributed by atoms with van der Waals surface area (Å²) in [5, 5.41) is 6.92. The van der Waals surface area contributed by atoms with Crippen LogP contribution in [0.15, 0.2) is 28.8 Å². The molecule has 2 aromatic rings. The molecule has 0 atom stereocenters. The summed E-state index contributed by atoms with van der Waals surface area (Å²) in [6.45, 7) is 2.99. The van der Waals surface area contributed by atoms with Gasteiger partial charge in [0.2, 0.25) is 0 Å². The van der Waals surface area contributed by atoms with E-state index in [0.717, 1.165) is 17.8 Å². The lowest BCUT2D eigenvalue weighted by molar-refractivity contribution is 0.238. The Morgan fingerprint density at radius 2 is 2.11 bits per heavy atom. The van der Waals surface area contributed by atoms with E-state index in [-0.39, 0.29) is 0 Å². The van der Waals surface area contributed by atoms with Crippen LogP contribution in [0, 0.1) is 6.92 Å². The Kier molecular flexibility index (Phi) is 4.41. The average Bonchev–Trinajstić information content (AvgIpc) is 2.83. The van der Waals surface area contributed by atoms with E-state index >= 15 is 0 Å². The molecule has 0 aliphatic heterocycles. The lowest BCUT2D eigenvalue weighted by Crippen LogP contribution is -2.05. The molecule has 0 saturated carbocycles. The van der Waals surface area contributed by atoms with E-state index in [0.29, 0.717) is 23.9 Å². The number of nitrogens with one attached hydrogen (secondary N) is 1. The molecule has 19 heavy (non-hydrogen) atoms. The molecule has 0 amide bonds. The van der Waals surface area contributed by atoms with Crippen LogP contribution >= 0.6 is 0 Å². The second-order valence-corrected chi connectivity index (χ2v) is 4.24. The van der Waals surface area contributed by atoms with Crippen molar-refractivity contribution in [3.05, 3.63) is 41.3 Å². The number of benzene rings is 1. The first-order chi connectivity index (χ1) is 9.22. The van der Waals surface area contributed by atoms with Crippen LogP contribution in [0.3, 0.4) is 0 Å². The van der Waals surface area contributed by atoms with E-state index in [9.17, 15) is 0 Å². The quantitative estimate of drug-likeness (QED) is 0.865. The third-order valence-electron chi connectivity index (χ3n) is 2.66. The Bertz CT molecular complexity index is 537. The summed E-state index contributed by atoms with van der Waals surface area (Å²) in [5.41, 5.74) is 1.97. The molecular weight excluding hydrogens is 244 g/mol. The highest BCUT2D eigenvalue weighted by Crippen LogP contribution is 2.28. The van der Waals surface area contributed by atoms with E-state index in [1.807, 2.05) is 38.2 Å². The van der Waals surface area contributed by atoms with Gasteiger partial charge in [-0.15, -0.1) is 0 Å². The third-order valence-corrected chi connectivity index (χ3v) is 2.66. The molecule has 1 heterocycles. The van der Waals surface area contributed by atoms with Gasteiger partial charge in [0.05, 0.1) is 12.8 Å². The van der Waals surface area contributed by atoms with Crippen LogP contribution < -0.4 is 14.8 Å². The lowest BCUT2D eigenvalue weighted by atomic mass is 10.2. The van der Waals surface area contributed by atoms with E-state index in [1.54, 1.807) is 7.11 Å². The maximum atomic E-state index is 5.73. The number of nitrogens with zero attached hydrogens (tertiary/aromatic N) is 1. The number of ether oxygens (including phenoxy) is 2. The lowest BCUT2D eigenvalue weighted by Gasteiger charge is -2.11. The number of hydrogen-bond donors (Lipinski definition) is 1. The molecule has 1 aromatic carbocycles. The standard InChI is InChI=1S/C14H18N2O3/c1-10-6-12(19-16-10)9-18-14-7-11(8-15-2)4-5-13(14)17-3/h4-7,15H,8-9H2,1-3H3. The normalized spacial score (nSPS) is 10.5. The van der Waals surface area contributed by atoms with Gasteiger partial charge in [-0.3, -0.25) is 0 Å². The molecule has 0 saturated heterocycles. The minimum absolute atomic E-state index is 0.334. The number of aryl methyl sites for hydroxylation is 1. The smallest absolute Gasteiger partial charge is 0.174 e. The summed E-state index contributed by atoms with van der Waals surface area (Å²) in [6, 6.07) is 7.71. The fraction of sp³-hybridized carbons (Fsp3) is 0.357. The third kappa shape index (κ3) is 3.48. The summed E-state index contributed by atoms with van der Waals surface area (Å²) in [7, 11) is 3.53. The van der Waals surface area contributed by atoms with Crippen molar-refractivity contribution in [2.45, 2.75) is 20.1 Å². The second-order valence-electron chi connectivity index (χ2n) is 4.24.